The van der Waals surface area contributed by atoms with Crippen molar-refractivity contribution < 1.29 is 14.3 Å². The second-order valence-electron chi connectivity index (χ2n) is 8.69. The minimum absolute atomic E-state index is 0.235. The van der Waals surface area contributed by atoms with E-state index in [2.05, 4.69) is 25.5 Å². The number of nitrogens with zero attached hydrogens (tertiary/aromatic N) is 2. The van der Waals surface area contributed by atoms with Gasteiger partial charge in [-0.15, -0.1) is 0 Å². The lowest BCUT2D eigenvalue weighted by atomic mass is 10.1. The van der Waals surface area contributed by atoms with Gasteiger partial charge in [0, 0.05) is 29.9 Å². The number of benzene rings is 2. The first-order valence-electron chi connectivity index (χ1n) is 11.8. The van der Waals surface area contributed by atoms with Crippen molar-refractivity contribution in [2.24, 2.45) is 0 Å². The van der Waals surface area contributed by atoms with Crippen molar-refractivity contribution in [1.29, 1.82) is 0 Å². The minimum Gasteiger partial charge on any atom is -0.494 e. The number of halogens is 1. The van der Waals surface area contributed by atoms with Gasteiger partial charge in [0.15, 0.2) is 0 Å². The third-order valence-electron chi connectivity index (χ3n) is 5.46. The summed E-state index contributed by atoms with van der Waals surface area (Å²) in [5, 5.41) is 6.70. The van der Waals surface area contributed by atoms with Gasteiger partial charge in [-0.25, -0.2) is 4.98 Å². The number of carbonyl (C=O) groups is 2. The van der Waals surface area contributed by atoms with Crippen LogP contribution < -0.4 is 15.4 Å². The van der Waals surface area contributed by atoms with Gasteiger partial charge in [0.1, 0.15) is 11.4 Å². The summed E-state index contributed by atoms with van der Waals surface area (Å²) in [6, 6.07) is 15.9. The van der Waals surface area contributed by atoms with Crippen molar-refractivity contribution in [1.82, 2.24) is 14.9 Å². The van der Waals surface area contributed by atoms with E-state index in [9.17, 15) is 9.59 Å². The fraction of sp³-hybridized carbons (Fsp3) is 0.179. The molecule has 0 saturated heterocycles. The molecule has 0 aliphatic heterocycles. The Morgan fingerprint density at radius 3 is 2.65 bits per heavy atom. The van der Waals surface area contributed by atoms with Crippen LogP contribution in [0.4, 0.5) is 11.4 Å². The van der Waals surface area contributed by atoms with Crippen molar-refractivity contribution in [3.63, 3.8) is 0 Å². The highest BCUT2D eigenvalue weighted by Crippen LogP contribution is 2.23. The number of H-pyrrole nitrogens is 1. The van der Waals surface area contributed by atoms with Gasteiger partial charge < -0.3 is 25.3 Å². The lowest BCUT2D eigenvalue weighted by Crippen LogP contribution is -2.15. The number of anilines is 2. The zero-order valence-corrected chi connectivity index (χ0v) is 21.4. The van der Waals surface area contributed by atoms with Crippen LogP contribution in [0.3, 0.4) is 0 Å². The molecule has 4 rings (SSSR count). The fourth-order valence-electron chi connectivity index (χ4n) is 3.59. The van der Waals surface area contributed by atoms with E-state index in [4.69, 9.17) is 16.3 Å². The summed E-state index contributed by atoms with van der Waals surface area (Å²) in [7, 11) is 4.06. The van der Waals surface area contributed by atoms with Gasteiger partial charge in [-0.2, -0.15) is 0 Å². The second kappa shape index (κ2) is 12.2. The van der Waals surface area contributed by atoms with Gasteiger partial charge >= 0.3 is 0 Å². The highest BCUT2D eigenvalue weighted by Gasteiger charge is 2.13. The molecule has 0 unspecified atom stereocenters. The number of fused-ring (bicyclic) bond motifs is 1. The van der Waals surface area contributed by atoms with E-state index in [1.807, 2.05) is 50.5 Å². The first kappa shape index (κ1) is 25.9. The number of aromatic amines is 1. The van der Waals surface area contributed by atoms with Crippen LogP contribution in [0.1, 0.15) is 22.3 Å². The molecule has 2 aromatic carbocycles. The van der Waals surface area contributed by atoms with Crippen LogP contribution in [-0.4, -0.2) is 53.9 Å². The first-order valence-corrected chi connectivity index (χ1v) is 12.2. The van der Waals surface area contributed by atoms with Crippen LogP contribution in [0.2, 0.25) is 5.02 Å². The Hall–Kier alpha value is -4.14. The molecule has 0 radical (unpaired) electrons. The van der Waals surface area contributed by atoms with Gasteiger partial charge in [0.05, 0.1) is 29.1 Å². The standard InChI is InChI=1S/C28H28ClN5O3/c1-34(2)14-3-15-37-23-8-4-19(5-9-23)6-11-26(35)32-21-7-10-25(29)24(17-21)28(36)33-22-16-20-12-13-30-27(20)31-18-22/h4-13,16-18H,3,14-15H2,1-2H3,(H,30,31)(H,32,35)(H,33,36). The Morgan fingerprint density at radius 1 is 1.05 bits per heavy atom. The van der Waals surface area contributed by atoms with Crippen molar-refractivity contribution in [3.05, 3.63) is 89.2 Å². The van der Waals surface area contributed by atoms with E-state index < -0.39 is 5.91 Å². The lowest BCUT2D eigenvalue weighted by molar-refractivity contribution is -0.111. The largest absolute Gasteiger partial charge is 0.494 e. The number of pyridine rings is 1. The molecule has 190 valence electrons. The molecule has 2 aromatic heterocycles. The molecular weight excluding hydrogens is 490 g/mol. The SMILES string of the molecule is CN(C)CCCOc1ccc(C=CC(=O)Nc2ccc(Cl)c(C(=O)Nc3cnc4[nH]ccc4c3)c2)cc1. The van der Waals surface area contributed by atoms with Crippen LogP contribution in [0.15, 0.2) is 73.1 Å². The first-order chi connectivity index (χ1) is 17.9. The minimum atomic E-state index is -0.405. The normalized spacial score (nSPS) is 11.2. The molecule has 0 aliphatic carbocycles. The van der Waals surface area contributed by atoms with Gasteiger partial charge in [0.2, 0.25) is 5.91 Å². The maximum atomic E-state index is 12.8. The van der Waals surface area contributed by atoms with Crippen molar-refractivity contribution in [2.45, 2.75) is 6.42 Å². The molecule has 0 saturated carbocycles. The highest BCUT2D eigenvalue weighted by atomic mass is 35.5. The Balaban J connectivity index is 1.33. The molecule has 2 amide bonds. The summed E-state index contributed by atoms with van der Waals surface area (Å²) in [5.41, 5.74) is 2.81. The summed E-state index contributed by atoms with van der Waals surface area (Å²) >= 11 is 6.26. The van der Waals surface area contributed by atoms with E-state index >= 15 is 0 Å². The molecule has 2 heterocycles. The van der Waals surface area contributed by atoms with E-state index in [-0.39, 0.29) is 16.5 Å². The van der Waals surface area contributed by atoms with Crippen molar-refractivity contribution in [2.75, 3.05) is 37.9 Å². The maximum Gasteiger partial charge on any atom is 0.257 e. The van der Waals surface area contributed by atoms with Gasteiger partial charge in [-0.3, -0.25) is 9.59 Å². The van der Waals surface area contributed by atoms with E-state index in [0.29, 0.717) is 18.0 Å². The van der Waals surface area contributed by atoms with E-state index in [1.54, 1.807) is 30.6 Å². The predicted octanol–water partition coefficient (Wildman–Crippen LogP) is 5.45. The number of carbonyl (C=O) groups excluding carboxylic acids is 2. The number of hydrogen-bond donors (Lipinski definition) is 3. The highest BCUT2D eigenvalue weighted by molar-refractivity contribution is 6.34. The molecular formula is C28H28ClN5O3. The average molecular weight is 518 g/mol. The molecule has 0 aliphatic rings. The maximum absolute atomic E-state index is 12.8. The number of ether oxygens (including phenoxy) is 1. The molecule has 9 heteroatoms. The molecule has 3 N–H and O–H groups in total. The van der Waals surface area contributed by atoms with Crippen molar-refractivity contribution >= 4 is 51.9 Å². The molecule has 37 heavy (non-hydrogen) atoms. The molecule has 8 nitrogen and oxygen atoms in total. The smallest absolute Gasteiger partial charge is 0.257 e. The summed E-state index contributed by atoms with van der Waals surface area (Å²) in [6.07, 6.45) is 7.42. The zero-order chi connectivity index (χ0) is 26.2. The predicted molar refractivity (Wildman–Crippen MR) is 148 cm³/mol. The van der Waals surface area contributed by atoms with Crippen LogP contribution in [-0.2, 0) is 4.79 Å². The van der Waals surface area contributed by atoms with Crippen LogP contribution in [0.25, 0.3) is 17.1 Å². The molecule has 0 atom stereocenters. The van der Waals surface area contributed by atoms with Gasteiger partial charge in [-0.05, 0) is 74.6 Å². The summed E-state index contributed by atoms with van der Waals surface area (Å²) < 4.78 is 5.73. The Kier molecular flexibility index (Phi) is 8.56. The number of amides is 2. The average Bonchev–Trinajstić information content (AvgIpc) is 3.35. The Labute approximate surface area is 220 Å². The third-order valence-corrected chi connectivity index (χ3v) is 5.79. The zero-order valence-electron chi connectivity index (χ0n) is 20.6. The van der Waals surface area contributed by atoms with Gasteiger partial charge in [-0.1, -0.05) is 23.7 Å². The quantitative estimate of drug-likeness (QED) is 0.192. The summed E-state index contributed by atoms with van der Waals surface area (Å²) in [5.74, 6) is 0.0493. The molecule has 0 bridgehead atoms. The Bertz CT molecular complexity index is 1410. The summed E-state index contributed by atoms with van der Waals surface area (Å²) in [6.45, 7) is 1.62. The number of aromatic nitrogens is 2. The molecule has 0 spiro atoms. The number of nitrogens with one attached hydrogen (secondary N) is 3. The Morgan fingerprint density at radius 2 is 1.86 bits per heavy atom. The molecule has 0 fully saturated rings. The van der Waals surface area contributed by atoms with E-state index in [1.165, 1.54) is 12.1 Å². The topological polar surface area (TPSA) is 99.3 Å². The monoisotopic (exact) mass is 517 g/mol. The number of rotatable bonds is 10. The fourth-order valence-corrected chi connectivity index (χ4v) is 3.79. The molecule has 4 aromatic rings. The number of hydrogen-bond acceptors (Lipinski definition) is 5. The second-order valence-corrected chi connectivity index (χ2v) is 9.09. The summed E-state index contributed by atoms with van der Waals surface area (Å²) in [4.78, 5) is 34.7. The van der Waals surface area contributed by atoms with Crippen LogP contribution >= 0.6 is 11.6 Å². The van der Waals surface area contributed by atoms with E-state index in [0.717, 1.165) is 35.3 Å². The van der Waals surface area contributed by atoms with Crippen LogP contribution in [0.5, 0.6) is 5.75 Å². The van der Waals surface area contributed by atoms with Crippen molar-refractivity contribution in [3.8, 4) is 5.75 Å². The van der Waals surface area contributed by atoms with Crippen LogP contribution in [0, 0.1) is 0 Å². The third kappa shape index (κ3) is 7.42. The van der Waals surface area contributed by atoms with Gasteiger partial charge in [0.25, 0.3) is 5.91 Å². The lowest BCUT2D eigenvalue weighted by Gasteiger charge is -2.10.